The van der Waals surface area contributed by atoms with E-state index in [-0.39, 0.29) is 5.56 Å². The Kier molecular flexibility index (Phi) is 2.49. The third kappa shape index (κ3) is 2.13. The van der Waals surface area contributed by atoms with E-state index in [4.69, 9.17) is 9.52 Å². The summed E-state index contributed by atoms with van der Waals surface area (Å²) in [5.41, 5.74) is 1.52. The molecule has 4 rings (SSSR count). The van der Waals surface area contributed by atoms with Crippen molar-refractivity contribution in [3.63, 3.8) is 0 Å². The van der Waals surface area contributed by atoms with Gasteiger partial charge in [-0.1, -0.05) is 0 Å². The number of hydrogen-bond donors (Lipinski definition) is 1. The van der Waals surface area contributed by atoms with Crippen LogP contribution in [0.15, 0.2) is 22.6 Å². The van der Waals surface area contributed by atoms with E-state index in [0.29, 0.717) is 17.6 Å². The second kappa shape index (κ2) is 4.23. The van der Waals surface area contributed by atoms with Crippen LogP contribution < -0.4 is 4.90 Å². The van der Waals surface area contributed by atoms with Gasteiger partial charge in [0.1, 0.15) is 5.52 Å². The molecule has 1 aromatic heterocycles. The molecule has 1 N–H and O–H groups in total. The summed E-state index contributed by atoms with van der Waals surface area (Å²) in [6.07, 6.45) is 5.00. The molecular weight excluding hydrogens is 256 g/mol. The highest BCUT2D eigenvalue weighted by Crippen LogP contribution is 2.38. The predicted octanol–water partition coefficient (Wildman–Crippen LogP) is 2.90. The number of hydrogen-bond acceptors (Lipinski definition) is 4. The molecule has 2 aromatic rings. The molecule has 0 aliphatic heterocycles. The molecule has 20 heavy (non-hydrogen) atoms. The van der Waals surface area contributed by atoms with Crippen LogP contribution in [-0.2, 0) is 0 Å². The Labute approximate surface area is 116 Å². The fourth-order valence-electron chi connectivity index (χ4n) is 2.52. The maximum Gasteiger partial charge on any atom is 0.335 e. The molecule has 0 radical (unpaired) electrons. The first kappa shape index (κ1) is 11.8. The van der Waals surface area contributed by atoms with Gasteiger partial charge in [0.15, 0.2) is 5.58 Å². The van der Waals surface area contributed by atoms with Crippen LogP contribution in [0.5, 0.6) is 0 Å². The Morgan fingerprint density at radius 1 is 1.35 bits per heavy atom. The van der Waals surface area contributed by atoms with Gasteiger partial charge in [-0.15, -0.1) is 0 Å². The Hall–Kier alpha value is -2.04. The molecule has 104 valence electrons. The summed E-state index contributed by atoms with van der Waals surface area (Å²) in [5.74, 6) is -0.165. The van der Waals surface area contributed by atoms with Gasteiger partial charge in [0.25, 0.3) is 6.01 Å². The van der Waals surface area contributed by atoms with Crippen molar-refractivity contribution in [2.45, 2.75) is 31.7 Å². The summed E-state index contributed by atoms with van der Waals surface area (Å²) in [6, 6.07) is 6.04. The molecule has 0 bridgehead atoms. The van der Waals surface area contributed by atoms with Crippen LogP contribution in [0.1, 0.15) is 36.0 Å². The third-order valence-electron chi connectivity index (χ3n) is 4.01. The number of aromatic nitrogens is 1. The fourth-order valence-corrected chi connectivity index (χ4v) is 2.52. The van der Waals surface area contributed by atoms with Gasteiger partial charge in [0.05, 0.1) is 5.56 Å². The number of fused-ring (bicyclic) bond motifs is 1. The van der Waals surface area contributed by atoms with Gasteiger partial charge in [-0.3, -0.25) is 0 Å². The predicted molar refractivity (Wildman–Crippen MR) is 74.1 cm³/mol. The fraction of sp³-hybridized carbons (Fsp3) is 0.467. The van der Waals surface area contributed by atoms with Crippen molar-refractivity contribution < 1.29 is 14.3 Å². The lowest BCUT2D eigenvalue weighted by molar-refractivity contribution is 0.0697. The van der Waals surface area contributed by atoms with Crippen molar-refractivity contribution >= 4 is 23.1 Å². The van der Waals surface area contributed by atoms with E-state index < -0.39 is 5.97 Å². The first-order valence-electron chi connectivity index (χ1n) is 7.11. The molecular formula is C15H16N2O3. The number of carbonyl (C=O) groups is 1. The number of anilines is 1. The van der Waals surface area contributed by atoms with Crippen molar-refractivity contribution in [2.75, 3.05) is 11.4 Å². The number of carboxylic acid groups (broad SMARTS) is 1. The minimum atomic E-state index is -0.943. The second-order valence-electron chi connectivity index (χ2n) is 5.81. The zero-order chi connectivity index (χ0) is 13.7. The number of carboxylic acids is 1. The molecule has 2 fully saturated rings. The van der Waals surface area contributed by atoms with Crippen LogP contribution in [0.4, 0.5) is 6.01 Å². The van der Waals surface area contributed by atoms with E-state index in [1.807, 2.05) is 0 Å². The summed E-state index contributed by atoms with van der Waals surface area (Å²) in [5, 5.41) is 9.01. The SMILES string of the molecule is O=C(O)c1ccc2nc(N(CC3CC3)C3CC3)oc2c1. The number of oxazole rings is 1. The van der Waals surface area contributed by atoms with Crippen molar-refractivity contribution in [3.8, 4) is 0 Å². The van der Waals surface area contributed by atoms with E-state index in [0.717, 1.165) is 18.0 Å². The lowest BCUT2D eigenvalue weighted by Crippen LogP contribution is -2.28. The molecule has 0 spiro atoms. The van der Waals surface area contributed by atoms with Crippen LogP contribution in [0.2, 0.25) is 0 Å². The monoisotopic (exact) mass is 272 g/mol. The smallest absolute Gasteiger partial charge is 0.335 e. The molecule has 1 heterocycles. The first-order chi connectivity index (χ1) is 9.70. The van der Waals surface area contributed by atoms with Crippen molar-refractivity contribution in [2.24, 2.45) is 5.92 Å². The lowest BCUT2D eigenvalue weighted by Gasteiger charge is -2.19. The number of aromatic carboxylic acids is 1. The Morgan fingerprint density at radius 3 is 2.80 bits per heavy atom. The van der Waals surface area contributed by atoms with Crippen LogP contribution in [0.3, 0.4) is 0 Å². The summed E-state index contributed by atoms with van der Waals surface area (Å²) in [7, 11) is 0. The molecule has 2 aliphatic rings. The number of nitrogens with zero attached hydrogens (tertiary/aromatic N) is 2. The zero-order valence-corrected chi connectivity index (χ0v) is 11.1. The van der Waals surface area contributed by atoms with Crippen molar-refractivity contribution in [1.82, 2.24) is 4.98 Å². The van der Waals surface area contributed by atoms with Gasteiger partial charge < -0.3 is 14.4 Å². The Morgan fingerprint density at radius 2 is 2.15 bits per heavy atom. The summed E-state index contributed by atoms with van der Waals surface area (Å²) in [6.45, 7) is 1.02. The number of benzene rings is 1. The van der Waals surface area contributed by atoms with E-state index in [1.54, 1.807) is 18.2 Å². The van der Waals surface area contributed by atoms with Crippen LogP contribution in [-0.4, -0.2) is 28.6 Å². The highest BCUT2D eigenvalue weighted by molar-refractivity contribution is 5.92. The van der Waals surface area contributed by atoms with Gasteiger partial charge in [-0.2, -0.15) is 4.98 Å². The zero-order valence-electron chi connectivity index (χ0n) is 11.1. The minimum Gasteiger partial charge on any atom is -0.478 e. The molecule has 5 heteroatoms. The van der Waals surface area contributed by atoms with E-state index in [2.05, 4.69) is 9.88 Å². The normalized spacial score (nSPS) is 18.4. The largest absolute Gasteiger partial charge is 0.478 e. The van der Waals surface area contributed by atoms with Gasteiger partial charge in [-0.25, -0.2) is 4.79 Å². The Bertz CT molecular complexity index is 671. The maximum atomic E-state index is 11.0. The quantitative estimate of drug-likeness (QED) is 0.906. The van der Waals surface area contributed by atoms with E-state index >= 15 is 0 Å². The van der Waals surface area contributed by atoms with Gasteiger partial charge in [-0.05, 0) is 49.8 Å². The highest BCUT2D eigenvalue weighted by atomic mass is 16.4. The third-order valence-corrected chi connectivity index (χ3v) is 4.01. The number of rotatable bonds is 5. The van der Waals surface area contributed by atoms with Gasteiger partial charge in [0, 0.05) is 12.6 Å². The molecule has 2 saturated carbocycles. The first-order valence-corrected chi connectivity index (χ1v) is 7.11. The molecule has 2 aliphatic carbocycles. The molecule has 0 saturated heterocycles. The molecule has 0 unspecified atom stereocenters. The molecule has 0 atom stereocenters. The summed E-state index contributed by atoms with van der Waals surface area (Å²) in [4.78, 5) is 17.8. The van der Waals surface area contributed by atoms with Crippen molar-refractivity contribution in [1.29, 1.82) is 0 Å². The summed E-state index contributed by atoms with van der Waals surface area (Å²) < 4.78 is 5.80. The van der Waals surface area contributed by atoms with E-state index in [1.165, 1.54) is 25.7 Å². The minimum absolute atomic E-state index is 0.236. The maximum absolute atomic E-state index is 11.0. The second-order valence-corrected chi connectivity index (χ2v) is 5.81. The average molecular weight is 272 g/mol. The molecule has 0 amide bonds. The van der Waals surface area contributed by atoms with Crippen LogP contribution in [0.25, 0.3) is 11.1 Å². The lowest BCUT2D eigenvalue weighted by atomic mass is 10.2. The Balaban J connectivity index is 1.69. The molecule has 5 nitrogen and oxygen atoms in total. The van der Waals surface area contributed by atoms with E-state index in [9.17, 15) is 4.79 Å². The van der Waals surface area contributed by atoms with Crippen LogP contribution in [0, 0.1) is 5.92 Å². The van der Waals surface area contributed by atoms with Crippen molar-refractivity contribution in [3.05, 3.63) is 23.8 Å². The summed E-state index contributed by atoms with van der Waals surface area (Å²) >= 11 is 0. The van der Waals surface area contributed by atoms with Gasteiger partial charge in [0.2, 0.25) is 0 Å². The highest BCUT2D eigenvalue weighted by Gasteiger charge is 2.36. The topological polar surface area (TPSA) is 66.6 Å². The standard InChI is InChI=1S/C15H16N2O3/c18-14(19)10-3-6-12-13(7-10)20-15(16-12)17(11-4-5-11)8-9-1-2-9/h3,6-7,9,11H,1-2,4-5,8H2,(H,18,19). The van der Waals surface area contributed by atoms with Gasteiger partial charge >= 0.3 is 5.97 Å². The molecule has 1 aromatic carbocycles. The average Bonchev–Trinajstić information content (AvgIpc) is 3.32. The van der Waals surface area contributed by atoms with Crippen LogP contribution >= 0.6 is 0 Å².